The van der Waals surface area contributed by atoms with Gasteiger partial charge in [0.15, 0.2) is 22.5 Å². The van der Waals surface area contributed by atoms with E-state index in [9.17, 15) is 8.78 Å². The first kappa shape index (κ1) is 15.4. The van der Waals surface area contributed by atoms with Crippen LogP contribution in [-0.2, 0) is 6.42 Å². The van der Waals surface area contributed by atoms with Crippen LogP contribution in [0.3, 0.4) is 0 Å². The van der Waals surface area contributed by atoms with Crippen molar-refractivity contribution in [3.05, 3.63) is 59.2 Å². The fraction of sp³-hybridized carbons (Fsp3) is 0.125. The van der Waals surface area contributed by atoms with Crippen LogP contribution >= 0.6 is 11.3 Å². The molecule has 1 aromatic carbocycles. The molecule has 2 heterocycles. The molecular formula is C16H13F2N3OS. The van der Waals surface area contributed by atoms with Gasteiger partial charge in [0, 0.05) is 17.6 Å². The molecule has 0 aliphatic heterocycles. The number of halogens is 2. The van der Waals surface area contributed by atoms with Gasteiger partial charge in [-0.25, -0.2) is 18.7 Å². The zero-order valence-corrected chi connectivity index (χ0v) is 13.0. The lowest BCUT2D eigenvalue weighted by atomic mass is 10.3. The molecule has 0 saturated heterocycles. The van der Waals surface area contributed by atoms with E-state index in [0.717, 1.165) is 24.2 Å². The second-order valence-electron chi connectivity index (χ2n) is 4.65. The van der Waals surface area contributed by atoms with Gasteiger partial charge >= 0.3 is 0 Å². The van der Waals surface area contributed by atoms with Crippen molar-refractivity contribution in [1.82, 2.24) is 9.97 Å². The Bertz CT molecular complexity index is 802. The van der Waals surface area contributed by atoms with E-state index in [1.165, 1.54) is 29.7 Å². The lowest BCUT2D eigenvalue weighted by Gasteiger charge is -2.09. The largest absolute Gasteiger partial charge is 0.451 e. The molecule has 0 aliphatic rings. The van der Waals surface area contributed by atoms with Gasteiger partial charge in [-0.05, 0) is 24.6 Å². The van der Waals surface area contributed by atoms with Crippen LogP contribution in [0.15, 0.2) is 41.9 Å². The maximum atomic E-state index is 13.6. The van der Waals surface area contributed by atoms with E-state index in [2.05, 4.69) is 15.3 Å². The smallest absolute Gasteiger partial charge is 0.198 e. The van der Waals surface area contributed by atoms with E-state index in [1.807, 2.05) is 12.3 Å². The number of nitrogens with zero attached hydrogens (tertiary/aromatic N) is 2. The molecule has 23 heavy (non-hydrogen) atoms. The summed E-state index contributed by atoms with van der Waals surface area (Å²) in [6.07, 6.45) is 2.34. The SMILES string of the molecule is CCc1csc(Nc2cc(Oc3c(F)cccc3F)ccn2)n1. The Balaban J connectivity index is 1.79. The first-order valence-corrected chi connectivity index (χ1v) is 7.83. The first-order chi connectivity index (χ1) is 11.2. The number of aryl methyl sites for hydroxylation is 1. The van der Waals surface area contributed by atoms with Crippen molar-refractivity contribution in [2.45, 2.75) is 13.3 Å². The van der Waals surface area contributed by atoms with Gasteiger partial charge in [-0.2, -0.15) is 0 Å². The minimum atomic E-state index is -0.760. The summed E-state index contributed by atoms with van der Waals surface area (Å²) in [6, 6.07) is 6.64. The van der Waals surface area contributed by atoms with Gasteiger partial charge in [0.25, 0.3) is 0 Å². The van der Waals surface area contributed by atoms with Crippen molar-refractivity contribution in [2.24, 2.45) is 0 Å². The number of thiazole rings is 1. The molecule has 4 nitrogen and oxygen atoms in total. The highest BCUT2D eigenvalue weighted by Crippen LogP contribution is 2.29. The molecule has 1 N–H and O–H groups in total. The maximum absolute atomic E-state index is 13.6. The quantitative estimate of drug-likeness (QED) is 0.720. The number of rotatable bonds is 5. The molecule has 0 aliphatic carbocycles. The number of hydrogen-bond donors (Lipinski definition) is 1. The summed E-state index contributed by atoms with van der Waals surface area (Å²) in [5.41, 5.74) is 0.985. The van der Waals surface area contributed by atoms with Crippen molar-refractivity contribution in [1.29, 1.82) is 0 Å². The molecule has 0 saturated carbocycles. The predicted octanol–water partition coefficient (Wildman–Crippen LogP) is 4.91. The molecule has 3 rings (SSSR count). The highest BCUT2D eigenvalue weighted by Gasteiger charge is 2.11. The van der Waals surface area contributed by atoms with Crippen molar-refractivity contribution in [3.63, 3.8) is 0 Å². The molecule has 7 heteroatoms. The highest BCUT2D eigenvalue weighted by atomic mass is 32.1. The Morgan fingerprint density at radius 2 is 2.00 bits per heavy atom. The third-order valence-electron chi connectivity index (χ3n) is 3.02. The first-order valence-electron chi connectivity index (χ1n) is 6.95. The third kappa shape index (κ3) is 3.62. The molecular weight excluding hydrogens is 320 g/mol. The minimum Gasteiger partial charge on any atom is -0.451 e. The number of aromatic nitrogens is 2. The maximum Gasteiger partial charge on any atom is 0.198 e. The van der Waals surface area contributed by atoms with Crippen molar-refractivity contribution < 1.29 is 13.5 Å². The van der Waals surface area contributed by atoms with Crippen LogP contribution < -0.4 is 10.1 Å². The van der Waals surface area contributed by atoms with Gasteiger partial charge in [0.05, 0.1) is 5.69 Å². The van der Waals surface area contributed by atoms with Crippen LogP contribution in [0.4, 0.5) is 19.7 Å². The number of pyridine rings is 1. The van der Waals surface area contributed by atoms with Gasteiger partial charge in [0.2, 0.25) is 0 Å². The molecule has 0 spiro atoms. The third-order valence-corrected chi connectivity index (χ3v) is 3.83. The van der Waals surface area contributed by atoms with Gasteiger partial charge in [0.1, 0.15) is 11.6 Å². The summed E-state index contributed by atoms with van der Waals surface area (Å²) >= 11 is 1.46. The lowest BCUT2D eigenvalue weighted by molar-refractivity contribution is 0.407. The summed E-state index contributed by atoms with van der Waals surface area (Å²) in [5.74, 6) is -1.20. The van der Waals surface area contributed by atoms with Crippen molar-refractivity contribution in [2.75, 3.05) is 5.32 Å². The minimum absolute atomic E-state index is 0.277. The summed E-state index contributed by atoms with van der Waals surface area (Å²) in [5, 5.41) is 5.70. The average Bonchev–Trinajstić information content (AvgIpc) is 2.99. The standard InChI is InChI=1S/C16H13F2N3OS/c1-2-10-9-23-16(20-10)21-14-8-11(6-7-19-14)22-15-12(17)4-3-5-13(15)18/h3-9H,2H2,1H3,(H,19,20,21). The Kier molecular flexibility index (Phi) is 4.47. The molecule has 0 bridgehead atoms. The Morgan fingerprint density at radius 1 is 1.22 bits per heavy atom. The second-order valence-corrected chi connectivity index (χ2v) is 5.51. The Hall–Kier alpha value is -2.54. The predicted molar refractivity (Wildman–Crippen MR) is 85.4 cm³/mol. The van der Waals surface area contributed by atoms with Crippen LogP contribution in [0.25, 0.3) is 0 Å². The number of nitrogens with one attached hydrogen (secondary N) is 1. The second kappa shape index (κ2) is 6.70. The molecule has 3 aromatic rings. The van der Waals surface area contributed by atoms with E-state index < -0.39 is 17.4 Å². The molecule has 118 valence electrons. The van der Waals surface area contributed by atoms with Crippen molar-refractivity contribution in [3.8, 4) is 11.5 Å². The van der Waals surface area contributed by atoms with Crippen molar-refractivity contribution >= 4 is 22.3 Å². The van der Waals surface area contributed by atoms with E-state index in [-0.39, 0.29) is 5.75 Å². The highest BCUT2D eigenvalue weighted by molar-refractivity contribution is 7.13. The van der Waals surface area contributed by atoms with Gasteiger partial charge in [-0.15, -0.1) is 11.3 Å². The van der Waals surface area contributed by atoms with Gasteiger partial charge in [-0.1, -0.05) is 13.0 Å². The van der Waals surface area contributed by atoms with Gasteiger partial charge < -0.3 is 10.1 Å². The zero-order valence-electron chi connectivity index (χ0n) is 12.2. The summed E-state index contributed by atoms with van der Waals surface area (Å²) < 4.78 is 32.5. The number of ether oxygens (including phenoxy) is 1. The van der Waals surface area contributed by atoms with Crippen LogP contribution in [0.1, 0.15) is 12.6 Å². The molecule has 0 atom stereocenters. The van der Waals surface area contributed by atoms with E-state index in [4.69, 9.17) is 4.74 Å². The fourth-order valence-electron chi connectivity index (χ4n) is 1.88. The zero-order chi connectivity index (χ0) is 16.2. The molecule has 2 aromatic heterocycles. The van der Waals surface area contributed by atoms with E-state index >= 15 is 0 Å². The van der Waals surface area contributed by atoms with Gasteiger partial charge in [-0.3, -0.25) is 0 Å². The fourth-order valence-corrected chi connectivity index (χ4v) is 2.68. The number of anilines is 2. The van der Waals surface area contributed by atoms with E-state index in [0.29, 0.717) is 10.9 Å². The molecule has 0 unspecified atom stereocenters. The van der Waals surface area contributed by atoms with E-state index in [1.54, 1.807) is 6.07 Å². The lowest BCUT2D eigenvalue weighted by Crippen LogP contribution is -1.96. The number of benzene rings is 1. The van der Waals surface area contributed by atoms with Crippen LogP contribution in [0, 0.1) is 11.6 Å². The Morgan fingerprint density at radius 3 is 2.70 bits per heavy atom. The topological polar surface area (TPSA) is 47.0 Å². The Labute approximate surface area is 135 Å². The number of para-hydroxylation sites is 1. The van der Waals surface area contributed by atoms with Crippen LogP contribution in [-0.4, -0.2) is 9.97 Å². The number of hydrogen-bond acceptors (Lipinski definition) is 5. The summed E-state index contributed by atoms with van der Waals surface area (Å²) in [7, 11) is 0. The normalized spacial score (nSPS) is 10.6. The molecule has 0 radical (unpaired) electrons. The van der Waals surface area contributed by atoms with Crippen LogP contribution in [0.2, 0.25) is 0 Å². The van der Waals surface area contributed by atoms with Crippen LogP contribution in [0.5, 0.6) is 11.5 Å². The average molecular weight is 333 g/mol. The molecule has 0 amide bonds. The summed E-state index contributed by atoms with van der Waals surface area (Å²) in [6.45, 7) is 2.02. The molecule has 0 fully saturated rings. The monoisotopic (exact) mass is 333 g/mol. The summed E-state index contributed by atoms with van der Waals surface area (Å²) in [4.78, 5) is 8.52.